The summed E-state index contributed by atoms with van der Waals surface area (Å²) in [5.41, 5.74) is 0. The van der Waals surface area contributed by atoms with Crippen molar-refractivity contribution in [1.82, 2.24) is 20.8 Å². The smallest absolute Gasteiger partial charge is 0.220 e. The first kappa shape index (κ1) is 15.4. The van der Waals surface area contributed by atoms with E-state index in [1.807, 2.05) is 0 Å². The molecule has 0 spiro atoms. The van der Waals surface area contributed by atoms with Crippen molar-refractivity contribution in [2.45, 2.75) is 52.0 Å². The molecule has 0 aromatic carbocycles. The zero-order chi connectivity index (χ0) is 14.4. The zero-order valence-electron chi connectivity index (χ0n) is 12.3. The molecule has 2 N–H and O–H groups in total. The van der Waals surface area contributed by atoms with E-state index in [1.165, 1.54) is 12.8 Å². The molecule has 0 atom stereocenters. The van der Waals surface area contributed by atoms with Gasteiger partial charge in [-0.15, -0.1) is 10.2 Å². The van der Waals surface area contributed by atoms with Crippen LogP contribution in [0.25, 0.3) is 0 Å². The van der Waals surface area contributed by atoms with Gasteiger partial charge in [-0.2, -0.15) is 0 Å². The minimum atomic E-state index is 0.129. The maximum Gasteiger partial charge on any atom is 0.220 e. The van der Waals surface area contributed by atoms with Crippen LogP contribution in [0.4, 0.5) is 0 Å². The van der Waals surface area contributed by atoms with Crippen molar-refractivity contribution < 1.29 is 4.79 Å². The lowest BCUT2D eigenvalue weighted by Gasteiger charge is -2.22. The molecule has 0 saturated carbocycles. The number of hydrogen-bond donors (Lipinski definition) is 2. The van der Waals surface area contributed by atoms with Crippen molar-refractivity contribution in [3.63, 3.8) is 0 Å². The molecule has 2 heterocycles. The van der Waals surface area contributed by atoms with E-state index in [1.54, 1.807) is 11.3 Å². The Balaban J connectivity index is 1.66. The second-order valence-electron chi connectivity index (χ2n) is 5.70. The van der Waals surface area contributed by atoms with Gasteiger partial charge in [0.15, 0.2) is 0 Å². The van der Waals surface area contributed by atoms with Crippen LogP contribution in [-0.4, -0.2) is 29.2 Å². The van der Waals surface area contributed by atoms with Crippen LogP contribution >= 0.6 is 11.3 Å². The molecule has 1 aromatic heterocycles. The Bertz CT molecular complexity index is 427. The van der Waals surface area contributed by atoms with Gasteiger partial charge in [-0.25, -0.2) is 0 Å². The lowest BCUT2D eigenvalue weighted by atomic mass is 9.93. The largest absolute Gasteiger partial charge is 0.350 e. The SMILES string of the molecule is CC(C)c1nnc(CNC(=O)CCC2CCNCC2)s1. The molecule has 1 amide bonds. The number of nitrogens with zero attached hydrogens (tertiary/aromatic N) is 2. The van der Waals surface area contributed by atoms with Gasteiger partial charge in [0.05, 0.1) is 6.54 Å². The van der Waals surface area contributed by atoms with E-state index in [4.69, 9.17) is 0 Å². The van der Waals surface area contributed by atoms with Crippen molar-refractivity contribution >= 4 is 17.2 Å². The Morgan fingerprint density at radius 1 is 1.40 bits per heavy atom. The van der Waals surface area contributed by atoms with E-state index in [0.717, 1.165) is 29.5 Å². The van der Waals surface area contributed by atoms with Gasteiger partial charge >= 0.3 is 0 Å². The second-order valence-corrected chi connectivity index (χ2v) is 6.79. The average molecular weight is 296 g/mol. The van der Waals surface area contributed by atoms with Gasteiger partial charge in [0.25, 0.3) is 0 Å². The number of nitrogens with one attached hydrogen (secondary N) is 2. The molecule has 2 rings (SSSR count). The molecule has 0 bridgehead atoms. The first-order valence-corrected chi connectivity index (χ1v) is 8.26. The summed E-state index contributed by atoms with van der Waals surface area (Å²) in [6, 6.07) is 0. The number of aromatic nitrogens is 2. The fourth-order valence-electron chi connectivity index (χ4n) is 2.34. The minimum Gasteiger partial charge on any atom is -0.350 e. The van der Waals surface area contributed by atoms with Crippen LogP contribution in [0, 0.1) is 5.92 Å². The summed E-state index contributed by atoms with van der Waals surface area (Å²) in [6.45, 7) is 6.89. The van der Waals surface area contributed by atoms with Gasteiger partial charge in [0, 0.05) is 12.3 Å². The van der Waals surface area contributed by atoms with E-state index < -0.39 is 0 Å². The fraction of sp³-hybridized carbons (Fsp3) is 0.786. The fourth-order valence-corrected chi connectivity index (χ4v) is 3.12. The molecule has 5 nitrogen and oxygen atoms in total. The van der Waals surface area contributed by atoms with E-state index in [-0.39, 0.29) is 5.91 Å². The number of amides is 1. The highest BCUT2D eigenvalue weighted by atomic mass is 32.1. The van der Waals surface area contributed by atoms with Gasteiger partial charge in [-0.05, 0) is 38.3 Å². The molecule has 6 heteroatoms. The van der Waals surface area contributed by atoms with E-state index in [9.17, 15) is 4.79 Å². The highest BCUT2D eigenvalue weighted by Crippen LogP contribution is 2.19. The Kier molecular flexibility index (Phi) is 5.91. The molecule has 1 aliphatic heterocycles. The summed E-state index contributed by atoms with van der Waals surface area (Å²) in [5.74, 6) is 1.23. The molecular weight excluding hydrogens is 272 g/mol. The van der Waals surface area contributed by atoms with Gasteiger partial charge in [0.2, 0.25) is 5.91 Å². The lowest BCUT2D eigenvalue weighted by Crippen LogP contribution is -2.29. The van der Waals surface area contributed by atoms with E-state index >= 15 is 0 Å². The number of carbonyl (C=O) groups is 1. The maximum absolute atomic E-state index is 11.8. The molecule has 1 fully saturated rings. The average Bonchev–Trinajstić information content (AvgIpc) is 2.93. The number of piperidine rings is 1. The topological polar surface area (TPSA) is 66.9 Å². The van der Waals surface area contributed by atoms with Crippen LogP contribution in [0.15, 0.2) is 0 Å². The summed E-state index contributed by atoms with van der Waals surface area (Å²) in [5, 5.41) is 16.4. The normalized spacial score (nSPS) is 16.6. The summed E-state index contributed by atoms with van der Waals surface area (Å²) >= 11 is 1.58. The third kappa shape index (κ3) is 4.83. The highest BCUT2D eigenvalue weighted by Gasteiger charge is 2.14. The lowest BCUT2D eigenvalue weighted by molar-refractivity contribution is -0.121. The predicted octanol–water partition coefficient (Wildman–Crippen LogP) is 2.06. The molecule has 1 saturated heterocycles. The van der Waals surface area contributed by atoms with Gasteiger partial charge < -0.3 is 10.6 Å². The molecule has 20 heavy (non-hydrogen) atoms. The van der Waals surface area contributed by atoms with Gasteiger partial charge in [-0.3, -0.25) is 4.79 Å². The summed E-state index contributed by atoms with van der Waals surface area (Å²) in [7, 11) is 0. The van der Waals surface area contributed by atoms with E-state index in [2.05, 4.69) is 34.7 Å². The molecule has 1 aromatic rings. The molecule has 0 aliphatic carbocycles. The Morgan fingerprint density at radius 3 is 2.80 bits per heavy atom. The zero-order valence-corrected chi connectivity index (χ0v) is 13.1. The summed E-state index contributed by atoms with van der Waals surface area (Å²) < 4.78 is 0. The standard InChI is InChI=1S/C14H24N4OS/c1-10(2)14-18-17-13(20-14)9-16-12(19)4-3-11-5-7-15-8-6-11/h10-11,15H,3-9H2,1-2H3,(H,16,19). The molecule has 0 radical (unpaired) electrons. The minimum absolute atomic E-state index is 0.129. The van der Waals surface area contributed by atoms with Crippen LogP contribution in [0.5, 0.6) is 0 Å². The van der Waals surface area contributed by atoms with Crippen LogP contribution < -0.4 is 10.6 Å². The maximum atomic E-state index is 11.8. The van der Waals surface area contributed by atoms with Gasteiger partial charge in [-0.1, -0.05) is 25.2 Å². The quantitative estimate of drug-likeness (QED) is 0.843. The van der Waals surface area contributed by atoms with Crippen molar-refractivity contribution in [1.29, 1.82) is 0 Å². The van der Waals surface area contributed by atoms with Crippen LogP contribution in [0.2, 0.25) is 0 Å². The molecule has 112 valence electrons. The van der Waals surface area contributed by atoms with E-state index in [0.29, 0.717) is 24.8 Å². The number of hydrogen-bond acceptors (Lipinski definition) is 5. The van der Waals surface area contributed by atoms with Crippen molar-refractivity contribution in [2.24, 2.45) is 5.92 Å². The highest BCUT2D eigenvalue weighted by molar-refractivity contribution is 7.11. The van der Waals surface area contributed by atoms with Crippen molar-refractivity contribution in [2.75, 3.05) is 13.1 Å². The van der Waals surface area contributed by atoms with Crippen LogP contribution in [0.3, 0.4) is 0 Å². The first-order chi connectivity index (χ1) is 9.65. The summed E-state index contributed by atoms with van der Waals surface area (Å²) in [6.07, 6.45) is 4.02. The predicted molar refractivity (Wildman–Crippen MR) is 80.7 cm³/mol. The summed E-state index contributed by atoms with van der Waals surface area (Å²) in [4.78, 5) is 11.8. The van der Waals surface area contributed by atoms with Crippen LogP contribution in [0.1, 0.15) is 55.5 Å². The second kappa shape index (κ2) is 7.69. The molecular formula is C14H24N4OS. The van der Waals surface area contributed by atoms with Crippen molar-refractivity contribution in [3.05, 3.63) is 10.0 Å². The monoisotopic (exact) mass is 296 g/mol. The number of rotatable bonds is 6. The third-order valence-corrected chi connectivity index (χ3v) is 4.88. The van der Waals surface area contributed by atoms with Crippen LogP contribution in [-0.2, 0) is 11.3 Å². The molecule has 0 unspecified atom stereocenters. The third-order valence-electron chi connectivity index (χ3n) is 3.65. The Hall–Kier alpha value is -1.01. The van der Waals surface area contributed by atoms with Gasteiger partial charge in [0.1, 0.15) is 10.0 Å². The Morgan fingerprint density at radius 2 is 2.15 bits per heavy atom. The van der Waals surface area contributed by atoms with Crippen molar-refractivity contribution in [3.8, 4) is 0 Å². The first-order valence-electron chi connectivity index (χ1n) is 7.45. The Labute approximate surface area is 124 Å². The number of carbonyl (C=O) groups excluding carboxylic acids is 1. The molecule has 1 aliphatic rings.